The van der Waals surface area contributed by atoms with Gasteiger partial charge in [0.15, 0.2) is 17.5 Å². The van der Waals surface area contributed by atoms with Crippen molar-refractivity contribution in [3.63, 3.8) is 0 Å². The number of nitriles is 2. The number of carbonyl (C=O) groups is 3. The Morgan fingerprint density at radius 2 is 1.28 bits per heavy atom. The first-order chi connectivity index (χ1) is 30.9. The number of rotatable bonds is 13. The van der Waals surface area contributed by atoms with Crippen molar-refractivity contribution in [2.24, 2.45) is 5.73 Å². The van der Waals surface area contributed by atoms with Crippen LogP contribution in [0, 0.1) is 40.1 Å². The fourth-order valence-electron chi connectivity index (χ4n) is 8.22. The number of nitrogens with zero attached hydrogens (tertiary/aromatic N) is 5. The Bertz CT molecular complexity index is 2250. The number of methoxy groups -OCH3 is 2. The van der Waals surface area contributed by atoms with Crippen molar-refractivity contribution >= 4 is 18.0 Å². The van der Waals surface area contributed by atoms with Crippen LogP contribution in [0.15, 0.2) is 84.1 Å². The van der Waals surface area contributed by atoms with E-state index < -0.39 is 102 Å². The number of carbonyl (C=O) groups excluding carboxylic acids is 3. The van der Waals surface area contributed by atoms with Gasteiger partial charge in [-0.3, -0.25) is 9.80 Å². The van der Waals surface area contributed by atoms with E-state index in [1.165, 1.54) is 12.0 Å². The second-order valence-corrected chi connectivity index (χ2v) is 16.1. The molecule has 0 spiro atoms. The molecule has 0 radical (unpaired) electrons. The van der Waals surface area contributed by atoms with Crippen molar-refractivity contribution < 1.29 is 54.6 Å². The van der Waals surface area contributed by atoms with Crippen LogP contribution in [0.4, 0.5) is 40.3 Å². The molecule has 4 N–H and O–H groups in total. The standard InChI is InChI=1S/C30H30F5N5O5.C15H19F2N3/c1-44-14-22-23(26(41)45-2)25(18-12-20(31)24(33)21(32)13-18)40(28(43)38-22)27(42)37-16-30(34,35)17-39-10-8-29(15-36,9-11-39)19-6-4-3-5-7-19;16-15(17,11-19)12-20-8-6-14(10-18,7-9-20)13-4-2-1-3-5-13/h3-7,12-13,25H,8-11,14,16-17H2,1-2H3,(H,37,42)(H,38,43);1-5H,6-9,11-12,19H2. The maximum Gasteiger partial charge on any atom is 0.338 e. The lowest BCUT2D eigenvalue weighted by Crippen LogP contribution is -2.57. The Balaban J connectivity index is 0.000000330. The number of hydrogen-bond acceptors (Lipinski definition) is 10. The second-order valence-electron chi connectivity index (χ2n) is 16.1. The van der Waals surface area contributed by atoms with Gasteiger partial charge in [0.05, 0.1) is 74.1 Å². The summed E-state index contributed by atoms with van der Waals surface area (Å²) in [6, 6.07) is 19.7. The molecular weight excluding hydrogens is 866 g/mol. The molecule has 4 amide bonds. The van der Waals surface area contributed by atoms with E-state index in [2.05, 4.69) is 17.5 Å². The van der Waals surface area contributed by atoms with Crippen molar-refractivity contribution in [1.82, 2.24) is 25.3 Å². The number of imide groups is 1. The summed E-state index contributed by atoms with van der Waals surface area (Å²) in [6.45, 7) is -2.05. The molecule has 0 aliphatic carbocycles. The van der Waals surface area contributed by atoms with Crippen LogP contribution < -0.4 is 16.4 Å². The summed E-state index contributed by atoms with van der Waals surface area (Å²) in [7, 11) is 2.18. The minimum atomic E-state index is -3.52. The number of urea groups is 2. The summed E-state index contributed by atoms with van der Waals surface area (Å²) >= 11 is 0. The Hall–Kier alpha value is -6.06. The SMILES string of the molecule is COCC1=C(C(=O)OC)C(c2cc(F)c(F)c(F)c2)N(C(=O)NCC(F)(F)CN2CCC(C#N)(c3ccccc3)CC2)C(=O)N1.N#CC1(c2ccccc2)CCN(CC(F)(F)CN)CC1. The van der Waals surface area contributed by atoms with Crippen molar-refractivity contribution in [3.05, 3.63) is 118 Å². The molecule has 65 heavy (non-hydrogen) atoms. The highest BCUT2D eigenvalue weighted by Crippen LogP contribution is 2.38. The molecule has 2 saturated heterocycles. The molecule has 13 nitrogen and oxygen atoms in total. The lowest BCUT2D eigenvalue weighted by atomic mass is 9.74. The number of hydrogen-bond donors (Lipinski definition) is 3. The lowest BCUT2D eigenvalue weighted by molar-refractivity contribution is -0.137. The van der Waals surface area contributed by atoms with E-state index >= 15 is 8.78 Å². The quantitative estimate of drug-likeness (QED) is 0.101. The third-order valence-corrected chi connectivity index (χ3v) is 11.8. The summed E-state index contributed by atoms with van der Waals surface area (Å²) in [6.07, 6.45) is 1.77. The summed E-state index contributed by atoms with van der Waals surface area (Å²) < 4.78 is 109. The average Bonchev–Trinajstić information content (AvgIpc) is 3.30. The Labute approximate surface area is 371 Å². The lowest BCUT2D eigenvalue weighted by Gasteiger charge is -2.39. The van der Waals surface area contributed by atoms with Gasteiger partial charge in [-0.1, -0.05) is 60.7 Å². The summed E-state index contributed by atoms with van der Waals surface area (Å²) in [5.74, 6) is -12.7. The minimum Gasteiger partial charge on any atom is -0.466 e. The van der Waals surface area contributed by atoms with Gasteiger partial charge in [0, 0.05) is 33.3 Å². The molecule has 0 aromatic heterocycles. The number of nitrogens with two attached hydrogens (primary N) is 1. The van der Waals surface area contributed by atoms with E-state index in [0.717, 1.165) is 18.2 Å². The molecule has 0 bridgehead atoms. The normalized spacial score (nSPS) is 18.9. The Morgan fingerprint density at radius 3 is 1.69 bits per heavy atom. The smallest absolute Gasteiger partial charge is 0.338 e. The number of alkyl halides is 4. The predicted molar refractivity (Wildman–Crippen MR) is 222 cm³/mol. The van der Waals surface area contributed by atoms with Gasteiger partial charge in [-0.25, -0.2) is 50.0 Å². The maximum atomic E-state index is 15.1. The van der Waals surface area contributed by atoms with Crippen LogP contribution in [0.25, 0.3) is 0 Å². The Morgan fingerprint density at radius 1 is 0.815 bits per heavy atom. The van der Waals surface area contributed by atoms with E-state index in [1.54, 1.807) is 17.0 Å². The molecule has 20 heteroatoms. The number of esters is 1. The van der Waals surface area contributed by atoms with E-state index in [9.17, 15) is 46.9 Å². The summed E-state index contributed by atoms with van der Waals surface area (Å²) in [5.41, 5.74) is 4.20. The highest BCUT2D eigenvalue weighted by molar-refractivity contribution is 6.01. The van der Waals surface area contributed by atoms with Gasteiger partial charge in [-0.05, 0) is 54.5 Å². The van der Waals surface area contributed by atoms with Crippen LogP contribution in [0.2, 0.25) is 0 Å². The molecule has 0 saturated carbocycles. The zero-order valence-corrected chi connectivity index (χ0v) is 35.7. The van der Waals surface area contributed by atoms with E-state index in [0.29, 0.717) is 50.9 Å². The van der Waals surface area contributed by atoms with Crippen molar-refractivity contribution in [1.29, 1.82) is 10.5 Å². The van der Waals surface area contributed by atoms with Crippen LogP contribution in [-0.4, -0.2) is 118 Å². The van der Waals surface area contributed by atoms with Gasteiger partial charge in [0.25, 0.3) is 11.8 Å². The van der Waals surface area contributed by atoms with Gasteiger partial charge in [-0.2, -0.15) is 10.5 Å². The van der Waals surface area contributed by atoms with Crippen LogP contribution >= 0.6 is 0 Å². The monoisotopic (exact) mass is 914 g/mol. The number of benzene rings is 3. The molecule has 3 aliphatic heterocycles. The topological polar surface area (TPSA) is 177 Å². The third kappa shape index (κ3) is 11.8. The van der Waals surface area contributed by atoms with Crippen LogP contribution in [0.5, 0.6) is 0 Å². The van der Waals surface area contributed by atoms with Gasteiger partial charge in [-0.15, -0.1) is 0 Å². The number of amides is 4. The molecule has 2 fully saturated rings. The highest BCUT2D eigenvalue weighted by atomic mass is 19.3. The molecule has 6 rings (SSSR count). The second kappa shape index (κ2) is 21.3. The molecular formula is C45H49F7N8O5. The average molecular weight is 915 g/mol. The zero-order chi connectivity index (χ0) is 47.6. The number of likely N-dealkylation sites (tertiary alicyclic amines) is 2. The van der Waals surface area contributed by atoms with E-state index in [-0.39, 0.29) is 30.2 Å². The first-order valence-electron chi connectivity index (χ1n) is 20.5. The van der Waals surface area contributed by atoms with Gasteiger partial charge in [0.2, 0.25) is 0 Å². The molecule has 3 heterocycles. The Kier molecular flexibility index (Phi) is 16.4. The molecule has 1 unspecified atom stereocenters. The van der Waals surface area contributed by atoms with Gasteiger partial charge >= 0.3 is 18.0 Å². The first-order valence-corrected chi connectivity index (χ1v) is 20.5. The highest BCUT2D eigenvalue weighted by Gasteiger charge is 2.46. The number of ether oxygens (including phenoxy) is 2. The number of nitrogens with one attached hydrogen (secondary N) is 2. The predicted octanol–water partition coefficient (Wildman–Crippen LogP) is 6.28. The zero-order valence-electron chi connectivity index (χ0n) is 35.7. The molecule has 1 atom stereocenters. The largest absolute Gasteiger partial charge is 0.466 e. The number of piperidine rings is 2. The van der Waals surface area contributed by atoms with Gasteiger partial charge < -0.3 is 25.8 Å². The fourth-order valence-corrected chi connectivity index (χ4v) is 8.22. The molecule has 3 aromatic carbocycles. The van der Waals surface area contributed by atoms with E-state index in [4.69, 9.17) is 15.2 Å². The van der Waals surface area contributed by atoms with Crippen LogP contribution in [-0.2, 0) is 25.1 Å². The molecule has 3 aromatic rings. The first kappa shape index (κ1) is 49.9. The van der Waals surface area contributed by atoms with Gasteiger partial charge in [0.1, 0.15) is 6.04 Å². The van der Waals surface area contributed by atoms with Crippen molar-refractivity contribution in [3.8, 4) is 12.1 Å². The van der Waals surface area contributed by atoms with Crippen molar-refractivity contribution in [2.75, 3.05) is 73.2 Å². The molecule has 3 aliphatic rings. The van der Waals surface area contributed by atoms with Crippen LogP contribution in [0.1, 0.15) is 48.4 Å². The van der Waals surface area contributed by atoms with Crippen molar-refractivity contribution in [2.45, 2.75) is 54.4 Å². The maximum absolute atomic E-state index is 15.1. The summed E-state index contributed by atoms with van der Waals surface area (Å²) in [5, 5.41) is 23.6. The molecule has 348 valence electrons. The van der Waals surface area contributed by atoms with Crippen LogP contribution in [0.3, 0.4) is 0 Å². The minimum absolute atomic E-state index is 0.180. The van der Waals surface area contributed by atoms with E-state index in [1.807, 2.05) is 53.8 Å². The summed E-state index contributed by atoms with van der Waals surface area (Å²) in [4.78, 5) is 42.6. The number of halogens is 7. The fraction of sp³-hybridized carbons (Fsp3) is 0.444. The third-order valence-electron chi connectivity index (χ3n) is 11.8.